The van der Waals surface area contributed by atoms with Crippen molar-refractivity contribution in [2.24, 2.45) is 0 Å². The summed E-state index contributed by atoms with van der Waals surface area (Å²) < 4.78 is 37.5. The Labute approximate surface area is 236 Å². The maximum atomic E-state index is 14.1. The smallest absolute Gasteiger partial charge is 0.471 e. The number of ether oxygens (including phenoxy) is 1. The number of anilines is 1. The largest absolute Gasteiger partial charge is 0.497 e. The number of fused-ring (bicyclic) bond motifs is 1. The summed E-state index contributed by atoms with van der Waals surface area (Å²) in [4.78, 5) is 43.2. The van der Waals surface area contributed by atoms with E-state index < -0.39 is 20.0 Å². The maximum absolute atomic E-state index is 14.1. The molecule has 216 valence electrons. The number of pyridine rings is 2. The van der Waals surface area contributed by atoms with Crippen LogP contribution in [0.2, 0.25) is 0 Å². The standard InChI is InChI=1S/C28H31FN5O6P/c1-18(40-41(36,37)38)34-17-25(19-8-9-30-26(29)14-19)24-13-21(16-31-28(24)34)20-11-22(15-23(12-20)39-5)33(4)27(35)7-6-10-32(2)3/h6-9,11-18H,10H2,1-5H3,(H2,36,37,38). The number of rotatable bonds is 10. The highest BCUT2D eigenvalue weighted by Crippen LogP contribution is 2.43. The van der Waals surface area contributed by atoms with E-state index >= 15 is 0 Å². The van der Waals surface area contributed by atoms with Gasteiger partial charge in [-0.25, -0.2) is 14.5 Å². The highest BCUT2D eigenvalue weighted by molar-refractivity contribution is 7.46. The Kier molecular flexibility index (Phi) is 9.01. The number of aromatic nitrogens is 3. The number of hydrogen-bond acceptors (Lipinski definition) is 7. The van der Waals surface area contributed by atoms with E-state index in [-0.39, 0.29) is 5.91 Å². The molecular formula is C28H31FN5O6P. The molecule has 4 aromatic rings. The Hall–Kier alpha value is -3.93. The van der Waals surface area contributed by atoms with E-state index in [0.29, 0.717) is 51.3 Å². The van der Waals surface area contributed by atoms with E-state index in [1.165, 1.54) is 41.8 Å². The first-order valence-electron chi connectivity index (χ1n) is 12.5. The van der Waals surface area contributed by atoms with E-state index in [0.717, 1.165) is 0 Å². The number of likely N-dealkylation sites (N-methyl/N-ethyl adjacent to an activating group) is 2. The molecule has 0 fully saturated rings. The van der Waals surface area contributed by atoms with Gasteiger partial charge in [0.1, 0.15) is 17.6 Å². The SMILES string of the molecule is COc1cc(-c2cnc3c(c2)c(-c2ccnc(F)c2)cn3C(C)OP(=O)(O)O)cc(N(C)C(=O)C=CCN(C)C)c1. The van der Waals surface area contributed by atoms with Crippen LogP contribution >= 0.6 is 7.82 Å². The minimum Gasteiger partial charge on any atom is -0.497 e. The molecule has 1 unspecified atom stereocenters. The normalized spacial score (nSPS) is 12.8. The van der Waals surface area contributed by atoms with Gasteiger partial charge >= 0.3 is 7.82 Å². The average Bonchev–Trinajstić information content (AvgIpc) is 3.30. The number of phosphoric ester groups is 1. The number of methoxy groups -OCH3 is 1. The van der Waals surface area contributed by atoms with Gasteiger partial charge in [0.2, 0.25) is 11.9 Å². The molecule has 41 heavy (non-hydrogen) atoms. The molecule has 3 heterocycles. The summed E-state index contributed by atoms with van der Waals surface area (Å²) >= 11 is 0. The quantitative estimate of drug-likeness (QED) is 0.156. The van der Waals surface area contributed by atoms with Crippen molar-refractivity contribution in [2.75, 3.05) is 39.7 Å². The second kappa shape index (κ2) is 12.3. The second-order valence-electron chi connectivity index (χ2n) is 9.59. The van der Waals surface area contributed by atoms with Gasteiger partial charge in [-0.15, -0.1) is 0 Å². The van der Waals surface area contributed by atoms with Crippen molar-refractivity contribution in [1.82, 2.24) is 19.4 Å². The predicted octanol–water partition coefficient (Wildman–Crippen LogP) is 4.62. The first-order chi connectivity index (χ1) is 19.4. The molecule has 0 spiro atoms. The Balaban J connectivity index is 1.83. The number of carbonyl (C=O) groups is 1. The lowest BCUT2D eigenvalue weighted by atomic mass is 10.0. The fraction of sp³-hybridized carbons (Fsp3) is 0.250. The molecule has 3 aromatic heterocycles. The van der Waals surface area contributed by atoms with Crippen LogP contribution in [-0.2, 0) is 13.9 Å². The topological polar surface area (TPSA) is 130 Å². The van der Waals surface area contributed by atoms with Crippen LogP contribution in [0.15, 0.2) is 67.1 Å². The molecule has 0 aliphatic heterocycles. The summed E-state index contributed by atoms with van der Waals surface area (Å²) in [6.45, 7) is 2.09. The predicted molar refractivity (Wildman–Crippen MR) is 154 cm³/mol. The third kappa shape index (κ3) is 7.24. The fourth-order valence-electron chi connectivity index (χ4n) is 4.28. The lowest BCUT2D eigenvalue weighted by Crippen LogP contribution is -2.24. The summed E-state index contributed by atoms with van der Waals surface area (Å²) in [6.07, 6.45) is 6.73. The van der Waals surface area contributed by atoms with Crippen molar-refractivity contribution >= 4 is 30.5 Å². The Morgan fingerprint density at radius 2 is 1.88 bits per heavy atom. The molecule has 0 saturated heterocycles. The molecule has 13 heteroatoms. The van der Waals surface area contributed by atoms with Gasteiger partial charge in [0.25, 0.3) is 0 Å². The summed E-state index contributed by atoms with van der Waals surface area (Å²) in [5, 5.41) is 0.578. The van der Waals surface area contributed by atoms with Crippen molar-refractivity contribution in [3.05, 3.63) is 73.1 Å². The van der Waals surface area contributed by atoms with Crippen LogP contribution in [-0.4, -0.2) is 69.9 Å². The molecule has 1 aromatic carbocycles. The highest BCUT2D eigenvalue weighted by Gasteiger charge is 2.24. The highest BCUT2D eigenvalue weighted by atomic mass is 31.2. The molecule has 1 amide bonds. The van der Waals surface area contributed by atoms with Crippen LogP contribution in [0.5, 0.6) is 5.75 Å². The van der Waals surface area contributed by atoms with Crippen molar-refractivity contribution in [3.63, 3.8) is 0 Å². The molecule has 4 rings (SSSR count). The third-order valence-electron chi connectivity index (χ3n) is 6.30. The number of carbonyl (C=O) groups excluding carboxylic acids is 1. The van der Waals surface area contributed by atoms with Gasteiger partial charge in [0.05, 0.1) is 7.11 Å². The van der Waals surface area contributed by atoms with Crippen LogP contribution in [0.3, 0.4) is 0 Å². The lowest BCUT2D eigenvalue weighted by molar-refractivity contribution is -0.113. The fourth-order valence-corrected chi connectivity index (χ4v) is 4.78. The van der Waals surface area contributed by atoms with Crippen LogP contribution in [0, 0.1) is 5.95 Å². The first kappa shape index (κ1) is 30.0. The molecule has 1 atom stereocenters. The average molecular weight is 584 g/mol. The van der Waals surface area contributed by atoms with E-state index in [4.69, 9.17) is 9.26 Å². The van der Waals surface area contributed by atoms with Gasteiger partial charge in [0.15, 0.2) is 0 Å². The maximum Gasteiger partial charge on any atom is 0.471 e. The van der Waals surface area contributed by atoms with Gasteiger partial charge in [-0.2, -0.15) is 4.39 Å². The Morgan fingerprint density at radius 1 is 1.12 bits per heavy atom. The minimum absolute atomic E-state index is 0.210. The number of hydrogen-bond donors (Lipinski definition) is 2. The lowest BCUT2D eigenvalue weighted by Gasteiger charge is -2.18. The molecule has 2 N–H and O–H groups in total. The molecule has 11 nitrogen and oxygen atoms in total. The Morgan fingerprint density at radius 3 is 2.54 bits per heavy atom. The number of benzene rings is 1. The molecule has 0 aliphatic carbocycles. The van der Waals surface area contributed by atoms with Gasteiger partial charge in [0, 0.05) is 72.6 Å². The second-order valence-corrected chi connectivity index (χ2v) is 10.8. The van der Waals surface area contributed by atoms with E-state index in [1.54, 1.807) is 43.7 Å². The third-order valence-corrected chi connectivity index (χ3v) is 6.88. The van der Waals surface area contributed by atoms with E-state index in [9.17, 15) is 23.5 Å². The number of phosphoric acid groups is 1. The van der Waals surface area contributed by atoms with E-state index in [1.807, 2.05) is 31.1 Å². The van der Waals surface area contributed by atoms with E-state index in [2.05, 4.69) is 9.97 Å². The van der Waals surface area contributed by atoms with Gasteiger partial charge in [-0.3, -0.25) is 9.32 Å². The summed E-state index contributed by atoms with van der Waals surface area (Å²) in [5.74, 6) is -0.373. The number of amides is 1. The van der Waals surface area contributed by atoms with Crippen LogP contribution < -0.4 is 9.64 Å². The van der Waals surface area contributed by atoms with Crippen molar-refractivity contribution in [3.8, 4) is 28.0 Å². The summed E-state index contributed by atoms with van der Waals surface area (Å²) in [7, 11) is 2.21. The molecule has 0 radical (unpaired) electrons. The summed E-state index contributed by atoms with van der Waals surface area (Å²) in [5.41, 5.74) is 3.37. The van der Waals surface area contributed by atoms with Crippen LogP contribution in [0.1, 0.15) is 13.2 Å². The van der Waals surface area contributed by atoms with Crippen molar-refractivity contribution in [1.29, 1.82) is 0 Å². The zero-order valence-corrected chi connectivity index (χ0v) is 24.1. The van der Waals surface area contributed by atoms with Crippen LogP contribution in [0.4, 0.5) is 10.1 Å². The molecule has 0 saturated carbocycles. The number of nitrogens with zero attached hydrogens (tertiary/aromatic N) is 5. The molecule has 0 bridgehead atoms. The first-order valence-corrected chi connectivity index (χ1v) is 14.0. The minimum atomic E-state index is -4.81. The molecular weight excluding hydrogens is 552 g/mol. The zero-order valence-electron chi connectivity index (χ0n) is 23.2. The molecule has 0 aliphatic rings. The van der Waals surface area contributed by atoms with Crippen molar-refractivity contribution < 1.29 is 32.8 Å². The van der Waals surface area contributed by atoms with Gasteiger partial charge < -0.3 is 28.9 Å². The van der Waals surface area contributed by atoms with Crippen LogP contribution in [0.25, 0.3) is 33.3 Å². The monoisotopic (exact) mass is 583 g/mol. The Bertz CT molecular complexity index is 1650. The summed E-state index contributed by atoms with van der Waals surface area (Å²) in [6, 6.07) is 10.1. The van der Waals surface area contributed by atoms with Gasteiger partial charge in [-0.1, -0.05) is 6.08 Å². The number of halogens is 1. The zero-order chi connectivity index (χ0) is 29.9. The van der Waals surface area contributed by atoms with Gasteiger partial charge in [-0.05, 0) is 56.4 Å². The van der Waals surface area contributed by atoms with Crippen molar-refractivity contribution in [2.45, 2.75) is 13.2 Å².